The maximum atomic E-state index is 13.6. The summed E-state index contributed by atoms with van der Waals surface area (Å²) in [7, 11) is 2.88. The van der Waals surface area contributed by atoms with E-state index in [0.717, 1.165) is 41.0 Å². The third-order valence-electron chi connectivity index (χ3n) is 7.54. The summed E-state index contributed by atoms with van der Waals surface area (Å²) in [6.45, 7) is 1.78. The van der Waals surface area contributed by atoms with Crippen molar-refractivity contribution < 1.29 is 28.7 Å². The molecule has 0 bridgehead atoms. The van der Waals surface area contributed by atoms with Gasteiger partial charge in [0.15, 0.2) is 0 Å². The number of benzene rings is 3. The largest absolute Gasteiger partial charge is 0.496 e. The summed E-state index contributed by atoms with van der Waals surface area (Å²) >= 11 is 2.76. The highest BCUT2D eigenvalue weighted by atomic mass is 32.2. The summed E-state index contributed by atoms with van der Waals surface area (Å²) in [6.07, 6.45) is 5.29. The number of rotatable bonds is 11. The SMILES string of the molecule is COC(=O)c1c(NC(=O)C(C)Sc2cccc(NC(=O)/C(=C\c3ccccc3OC)NC(=O)c3ccccc3)c2)sc2c1CCCC2. The first kappa shape index (κ1) is 33.5. The Morgan fingerprint density at radius 2 is 1.64 bits per heavy atom. The van der Waals surface area contributed by atoms with Crippen LogP contribution in [0.25, 0.3) is 6.08 Å². The predicted octanol–water partition coefficient (Wildman–Crippen LogP) is 6.95. The number of aryl methyl sites for hydroxylation is 1. The van der Waals surface area contributed by atoms with Gasteiger partial charge in [0.25, 0.3) is 11.8 Å². The number of thiophene rings is 1. The van der Waals surface area contributed by atoms with Crippen LogP contribution in [0.5, 0.6) is 5.75 Å². The maximum absolute atomic E-state index is 13.6. The van der Waals surface area contributed by atoms with Gasteiger partial charge in [-0.25, -0.2) is 4.79 Å². The van der Waals surface area contributed by atoms with Crippen molar-refractivity contribution in [1.29, 1.82) is 0 Å². The molecule has 3 amide bonds. The minimum atomic E-state index is -0.537. The molecule has 1 aliphatic rings. The Morgan fingerprint density at radius 1 is 0.894 bits per heavy atom. The minimum absolute atomic E-state index is 0.0224. The number of carbonyl (C=O) groups is 4. The molecular formula is C36H35N3O6S2. The molecule has 242 valence electrons. The zero-order chi connectivity index (χ0) is 33.3. The molecule has 0 radical (unpaired) electrons. The lowest BCUT2D eigenvalue weighted by atomic mass is 9.95. The fourth-order valence-electron chi connectivity index (χ4n) is 5.17. The normalized spacial score (nSPS) is 13.1. The number of anilines is 2. The number of hydrogen-bond acceptors (Lipinski definition) is 8. The topological polar surface area (TPSA) is 123 Å². The highest BCUT2D eigenvalue weighted by molar-refractivity contribution is 8.00. The van der Waals surface area contributed by atoms with Crippen molar-refractivity contribution in [2.24, 2.45) is 0 Å². The fraction of sp³-hybridized carbons (Fsp3) is 0.222. The summed E-state index contributed by atoms with van der Waals surface area (Å²) in [6, 6.07) is 22.9. The van der Waals surface area contributed by atoms with E-state index in [-0.39, 0.29) is 11.6 Å². The number of methoxy groups -OCH3 is 2. The molecule has 1 heterocycles. The van der Waals surface area contributed by atoms with Crippen LogP contribution >= 0.6 is 23.1 Å². The number of amides is 3. The predicted molar refractivity (Wildman–Crippen MR) is 186 cm³/mol. The average molecular weight is 670 g/mol. The first-order valence-corrected chi connectivity index (χ1v) is 16.8. The standard InChI is InChI=1S/C36H35N3O6S2/c1-22(32(40)39-35-31(36(43)45-3)27-17-8-10-19-30(27)47-35)46-26-16-11-15-25(21-26)37-34(42)28(20-24-14-7-9-18-29(24)44-2)38-33(41)23-12-5-4-6-13-23/h4-7,9,11-16,18,20-22H,8,10,17,19H2,1-3H3,(H,37,42)(H,38,41)(H,39,40)/b28-20+. The molecular weight excluding hydrogens is 635 g/mol. The lowest BCUT2D eigenvalue weighted by Gasteiger charge is -2.15. The lowest BCUT2D eigenvalue weighted by molar-refractivity contribution is -0.115. The third kappa shape index (κ3) is 8.30. The monoisotopic (exact) mass is 669 g/mol. The molecule has 0 aliphatic heterocycles. The number of fused-ring (bicyclic) bond motifs is 1. The van der Waals surface area contributed by atoms with Crippen LogP contribution in [0.1, 0.15) is 56.5 Å². The van der Waals surface area contributed by atoms with Gasteiger partial charge in [0.2, 0.25) is 5.91 Å². The number of ether oxygens (including phenoxy) is 2. The molecule has 4 aromatic rings. The second kappa shape index (κ2) is 15.6. The zero-order valence-corrected chi connectivity index (χ0v) is 27.9. The van der Waals surface area contributed by atoms with Crippen molar-refractivity contribution in [1.82, 2.24) is 5.32 Å². The van der Waals surface area contributed by atoms with Crippen LogP contribution in [0.4, 0.5) is 10.7 Å². The number of esters is 1. The average Bonchev–Trinajstić information content (AvgIpc) is 3.46. The van der Waals surface area contributed by atoms with Gasteiger partial charge in [-0.05, 0) is 80.6 Å². The Bertz CT molecular complexity index is 1820. The van der Waals surface area contributed by atoms with E-state index in [1.807, 2.05) is 18.2 Å². The van der Waals surface area contributed by atoms with Gasteiger partial charge in [-0.2, -0.15) is 0 Å². The number of hydrogen-bond donors (Lipinski definition) is 3. The van der Waals surface area contributed by atoms with Gasteiger partial charge < -0.3 is 25.4 Å². The Hall–Kier alpha value is -4.87. The van der Waals surface area contributed by atoms with Crippen LogP contribution in [0, 0.1) is 0 Å². The van der Waals surface area contributed by atoms with Gasteiger partial charge in [-0.1, -0.05) is 42.5 Å². The van der Waals surface area contributed by atoms with Crippen molar-refractivity contribution in [3.63, 3.8) is 0 Å². The van der Waals surface area contributed by atoms with E-state index in [9.17, 15) is 19.2 Å². The van der Waals surface area contributed by atoms with E-state index in [1.165, 1.54) is 37.3 Å². The smallest absolute Gasteiger partial charge is 0.341 e. The molecule has 1 aliphatic carbocycles. The van der Waals surface area contributed by atoms with E-state index in [2.05, 4.69) is 16.0 Å². The van der Waals surface area contributed by atoms with Crippen LogP contribution in [0.3, 0.4) is 0 Å². The lowest BCUT2D eigenvalue weighted by Crippen LogP contribution is -2.30. The molecule has 47 heavy (non-hydrogen) atoms. The van der Waals surface area contributed by atoms with Crippen LogP contribution in [-0.2, 0) is 27.2 Å². The summed E-state index contributed by atoms with van der Waals surface area (Å²) in [5.74, 6) is -1.13. The molecule has 1 unspecified atom stereocenters. The molecule has 1 aromatic heterocycles. The minimum Gasteiger partial charge on any atom is -0.496 e. The molecule has 0 saturated carbocycles. The third-order valence-corrected chi connectivity index (χ3v) is 9.84. The summed E-state index contributed by atoms with van der Waals surface area (Å²) in [4.78, 5) is 54.4. The number of para-hydroxylation sites is 1. The van der Waals surface area contributed by atoms with Crippen LogP contribution in [-0.4, -0.2) is 43.2 Å². The van der Waals surface area contributed by atoms with Crippen molar-refractivity contribution in [3.8, 4) is 5.75 Å². The molecule has 5 rings (SSSR count). The molecule has 0 saturated heterocycles. The van der Waals surface area contributed by atoms with E-state index in [0.29, 0.717) is 33.1 Å². The van der Waals surface area contributed by atoms with E-state index < -0.39 is 23.0 Å². The maximum Gasteiger partial charge on any atom is 0.341 e. The molecule has 11 heteroatoms. The van der Waals surface area contributed by atoms with Crippen molar-refractivity contribution in [2.45, 2.75) is 42.8 Å². The Kier molecular flexibility index (Phi) is 11.1. The second-order valence-corrected chi connectivity index (χ2v) is 13.3. The second-order valence-electron chi connectivity index (χ2n) is 10.8. The first-order valence-electron chi connectivity index (χ1n) is 15.1. The van der Waals surface area contributed by atoms with Crippen LogP contribution in [0.15, 0.2) is 89.5 Å². The van der Waals surface area contributed by atoms with Gasteiger partial charge in [-0.3, -0.25) is 14.4 Å². The van der Waals surface area contributed by atoms with E-state index in [4.69, 9.17) is 9.47 Å². The number of carbonyl (C=O) groups excluding carboxylic acids is 4. The molecule has 0 spiro atoms. The Balaban J connectivity index is 1.31. The Labute approximate surface area is 281 Å². The first-order chi connectivity index (χ1) is 22.8. The molecule has 3 aromatic carbocycles. The van der Waals surface area contributed by atoms with Crippen molar-refractivity contribution in [2.75, 3.05) is 24.9 Å². The van der Waals surface area contributed by atoms with E-state index in [1.54, 1.807) is 73.7 Å². The van der Waals surface area contributed by atoms with Crippen LogP contribution < -0.4 is 20.7 Å². The molecule has 1 atom stereocenters. The van der Waals surface area contributed by atoms with Crippen LogP contribution in [0.2, 0.25) is 0 Å². The van der Waals surface area contributed by atoms with E-state index >= 15 is 0 Å². The summed E-state index contributed by atoms with van der Waals surface area (Å²) in [5.41, 5.74) is 2.95. The molecule has 9 nitrogen and oxygen atoms in total. The van der Waals surface area contributed by atoms with Gasteiger partial charge >= 0.3 is 5.97 Å². The summed E-state index contributed by atoms with van der Waals surface area (Å²) < 4.78 is 10.5. The molecule has 0 fully saturated rings. The number of nitrogens with one attached hydrogen (secondary N) is 3. The zero-order valence-electron chi connectivity index (χ0n) is 26.3. The quantitative estimate of drug-likeness (QED) is 0.0898. The van der Waals surface area contributed by atoms with Gasteiger partial charge in [0.05, 0.1) is 25.0 Å². The highest BCUT2D eigenvalue weighted by Crippen LogP contribution is 2.39. The van der Waals surface area contributed by atoms with Gasteiger partial charge in [0, 0.05) is 26.6 Å². The molecule has 3 N–H and O–H groups in total. The van der Waals surface area contributed by atoms with Crippen molar-refractivity contribution in [3.05, 3.63) is 112 Å². The van der Waals surface area contributed by atoms with Gasteiger partial charge in [-0.15, -0.1) is 23.1 Å². The fourth-order valence-corrected chi connectivity index (χ4v) is 7.38. The highest BCUT2D eigenvalue weighted by Gasteiger charge is 2.28. The van der Waals surface area contributed by atoms with Gasteiger partial charge in [0.1, 0.15) is 16.4 Å². The number of thioether (sulfide) groups is 1. The Morgan fingerprint density at radius 3 is 2.40 bits per heavy atom. The van der Waals surface area contributed by atoms with Crippen molar-refractivity contribution >= 4 is 63.6 Å². The summed E-state index contributed by atoms with van der Waals surface area (Å²) in [5, 5.41) is 8.57.